The number of nitro groups is 2. The Balaban J connectivity index is 1.75. The van der Waals surface area contributed by atoms with Crippen molar-refractivity contribution >= 4 is 23.2 Å². The lowest BCUT2D eigenvalue weighted by Gasteiger charge is -1.97. The molecule has 0 saturated carbocycles. The third kappa shape index (κ3) is 4.13. The van der Waals surface area contributed by atoms with Crippen LogP contribution in [0, 0.1) is 20.2 Å². The van der Waals surface area contributed by atoms with Gasteiger partial charge in [0.2, 0.25) is 0 Å². The Morgan fingerprint density at radius 3 is 2.26 bits per heavy atom. The quantitative estimate of drug-likeness (QED) is 0.272. The maximum Gasteiger partial charge on any atom is 0.270 e. The van der Waals surface area contributed by atoms with E-state index in [2.05, 4.69) is 0 Å². The summed E-state index contributed by atoms with van der Waals surface area (Å²) in [5.74, 6) is 0.492. The van der Waals surface area contributed by atoms with E-state index in [-0.39, 0.29) is 17.2 Å². The van der Waals surface area contributed by atoms with Crippen molar-refractivity contribution in [3.8, 4) is 11.3 Å². The fourth-order valence-corrected chi connectivity index (χ4v) is 2.37. The molecule has 1 heterocycles. The van der Waals surface area contributed by atoms with Crippen molar-refractivity contribution in [1.82, 2.24) is 0 Å². The molecule has 2 aromatic carbocycles. The van der Waals surface area contributed by atoms with Crippen LogP contribution in [0.2, 0.25) is 0 Å². The van der Waals surface area contributed by atoms with Crippen LogP contribution in [0.3, 0.4) is 0 Å². The van der Waals surface area contributed by atoms with Gasteiger partial charge in [0.1, 0.15) is 11.5 Å². The van der Waals surface area contributed by atoms with Gasteiger partial charge in [0.25, 0.3) is 11.4 Å². The van der Waals surface area contributed by atoms with Crippen LogP contribution in [0.1, 0.15) is 16.1 Å². The summed E-state index contributed by atoms with van der Waals surface area (Å²) in [6.45, 7) is 0. The molecule has 0 radical (unpaired) electrons. The zero-order valence-electron chi connectivity index (χ0n) is 13.8. The summed E-state index contributed by atoms with van der Waals surface area (Å²) >= 11 is 0. The Morgan fingerprint density at radius 1 is 0.889 bits per heavy atom. The highest BCUT2D eigenvalue weighted by Crippen LogP contribution is 2.26. The summed E-state index contributed by atoms with van der Waals surface area (Å²) in [5, 5.41) is 21.5. The van der Waals surface area contributed by atoms with E-state index in [9.17, 15) is 25.0 Å². The molecule has 0 bridgehead atoms. The van der Waals surface area contributed by atoms with Gasteiger partial charge in [-0.2, -0.15) is 0 Å². The first kappa shape index (κ1) is 17.7. The van der Waals surface area contributed by atoms with E-state index < -0.39 is 9.85 Å². The number of hydrogen-bond acceptors (Lipinski definition) is 6. The summed E-state index contributed by atoms with van der Waals surface area (Å²) < 4.78 is 5.59. The number of benzene rings is 2. The maximum absolute atomic E-state index is 12.1. The predicted molar refractivity (Wildman–Crippen MR) is 97.3 cm³/mol. The smallest absolute Gasteiger partial charge is 0.270 e. The van der Waals surface area contributed by atoms with Gasteiger partial charge in [-0.3, -0.25) is 25.0 Å². The fraction of sp³-hybridized carbons (Fsp3) is 0. The number of hydrogen-bond donors (Lipinski definition) is 0. The van der Waals surface area contributed by atoms with Crippen molar-refractivity contribution in [3.05, 3.63) is 98.3 Å². The van der Waals surface area contributed by atoms with E-state index in [1.807, 2.05) is 0 Å². The molecule has 8 nitrogen and oxygen atoms in total. The number of carbonyl (C=O) groups is 1. The zero-order valence-corrected chi connectivity index (χ0v) is 13.8. The molecule has 3 aromatic rings. The molecule has 0 spiro atoms. The van der Waals surface area contributed by atoms with E-state index in [1.165, 1.54) is 48.6 Å². The fourth-order valence-electron chi connectivity index (χ4n) is 2.37. The number of nitro benzene ring substituents is 2. The first-order valence-corrected chi connectivity index (χ1v) is 7.75. The van der Waals surface area contributed by atoms with Gasteiger partial charge in [0, 0.05) is 35.4 Å². The lowest BCUT2D eigenvalue weighted by Crippen LogP contribution is -1.95. The Bertz CT molecular complexity index is 1050. The van der Waals surface area contributed by atoms with Crippen LogP contribution in [0.25, 0.3) is 17.4 Å². The van der Waals surface area contributed by atoms with Gasteiger partial charge in [-0.15, -0.1) is 0 Å². The molecule has 0 atom stereocenters. The van der Waals surface area contributed by atoms with Crippen LogP contribution in [-0.4, -0.2) is 15.6 Å². The molecule has 0 N–H and O–H groups in total. The van der Waals surface area contributed by atoms with Gasteiger partial charge in [-0.05, 0) is 36.4 Å². The van der Waals surface area contributed by atoms with Crippen LogP contribution in [0.15, 0.2) is 71.2 Å². The summed E-state index contributed by atoms with van der Waals surface area (Å²) in [6, 6.07) is 14.6. The number of non-ortho nitro benzene ring substituents is 2. The Morgan fingerprint density at radius 2 is 1.59 bits per heavy atom. The largest absolute Gasteiger partial charge is 0.457 e. The first-order chi connectivity index (χ1) is 12.9. The van der Waals surface area contributed by atoms with Crippen LogP contribution in [0.5, 0.6) is 0 Å². The molecule has 27 heavy (non-hydrogen) atoms. The molecule has 3 rings (SSSR count). The maximum atomic E-state index is 12.1. The number of carbonyl (C=O) groups excluding carboxylic acids is 1. The second-order valence-corrected chi connectivity index (χ2v) is 5.51. The molecule has 8 heteroatoms. The normalized spacial score (nSPS) is 10.8. The minimum absolute atomic E-state index is 0.0469. The van der Waals surface area contributed by atoms with E-state index >= 15 is 0 Å². The molecule has 0 unspecified atom stereocenters. The standard InChI is InChI=1S/C19H12N2O6/c22-18(13-4-6-15(7-5-13)20(23)24)10-8-17-9-11-19(27-17)14-2-1-3-16(12-14)21(25)26/h1-12H. The van der Waals surface area contributed by atoms with Gasteiger partial charge in [-0.25, -0.2) is 0 Å². The molecule has 0 aliphatic carbocycles. The van der Waals surface area contributed by atoms with Crippen molar-refractivity contribution in [1.29, 1.82) is 0 Å². The number of nitrogens with zero attached hydrogens (tertiary/aromatic N) is 2. The molecule has 134 valence electrons. The van der Waals surface area contributed by atoms with Crippen LogP contribution < -0.4 is 0 Å². The van der Waals surface area contributed by atoms with Gasteiger partial charge >= 0.3 is 0 Å². The van der Waals surface area contributed by atoms with Gasteiger partial charge in [-0.1, -0.05) is 12.1 Å². The van der Waals surface area contributed by atoms with Crippen molar-refractivity contribution in [2.75, 3.05) is 0 Å². The third-order valence-corrected chi connectivity index (χ3v) is 3.73. The zero-order chi connectivity index (χ0) is 19.4. The lowest BCUT2D eigenvalue weighted by molar-refractivity contribution is -0.385. The van der Waals surface area contributed by atoms with Crippen molar-refractivity contribution < 1.29 is 19.1 Å². The van der Waals surface area contributed by atoms with Gasteiger partial charge in [0.05, 0.1) is 9.85 Å². The van der Waals surface area contributed by atoms with E-state index in [4.69, 9.17) is 4.42 Å². The third-order valence-electron chi connectivity index (χ3n) is 3.73. The van der Waals surface area contributed by atoms with Crippen molar-refractivity contribution in [2.45, 2.75) is 0 Å². The van der Waals surface area contributed by atoms with Gasteiger partial charge < -0.3 is 4.42 Å². The summed E-state index contributed by atoms with van der Waals surface area (Å²) in [6.07, 6.45) is 2.75. The number of ketones is 1. The molecule has 0 fully saturated rings. The molecule has 0 amide bonds. The minimum Gasteiger partial charge on any atom is -0.457 e. The SMILES string of the molecule is O=C(C=Cc1ccc(-c2cccc([N+](=O)[O-])c2)o1)c1ccc([N+](=O)[O-])cc1. The Hall–Kier alpha value is -4.07. The van der Waals surface area contributed by atoms with E-state index in [1.54, 1.807) is 24.3 Å². The number of furan rings is 1. The monoisotopic (exact) mass is 364 g/mol. The van der Waals surface area contributed by atoms with Crippen LogP contribution in [-0.2, 0) is 0 Å². The highest BCUT2D eigenvalue weighted by molar-refractivity contribution is 6.06. The van der Waals surface area contributed by atoms with Crippen LogP contribution >= 0.6 is 0 Å². The second kappa shape index (κ2) is 7.44. The summed E-state index contributed by atoms with van der Waals surface area (Å²) in [4.78, 5) is 32.6. The van der Waals surface area contributed by atoms with Crippen molar-refractivity contribution in [2.24, 2.45) is 0 Å². The number of rotatable bonds is 6. The average Bonchev–Trinajstić information content (AvgIpc) is 3.15. The van der Waals surface area contributed by atoms with E-state index in [0.717, 1.165) is 0 Å². The molecule has 0 aliphatic heterocycles. The highest BCUT2D eigenvalue weighted by Gasteiger charge is 2.10. The average molecular weight is 364 g/mol. The Kier molecular flexibility index (Phi) is 4.89. The molecule has 1 aromatic heterocycles. The molecular formula is C19H12N2O6. The van der Waals surface area contributed by atoms with E-state index in [0.29, 0.717) is 22.6 Å². The minimum atomic E-state index is -0.539. The molecule has 0 aliphatic rings. The number of allylic oxidation sites excluding steroid dienone is 1. The Labute approximate surface area is 152 Å². The summed E-state index contributed by atoms with van der Waals surface area (Å²) in [7, 11) is 0. The summed E-state index contributed by atoms with van der Waals surface area (Å²) in [5.41, 5.74) is 0.713. The topological polar surface area (TPSA) is 116 Å². The van der Waals surface area contributed by atoms with Crippen molar-refractivity contribution in [3.63, 3.8) is 0 Å². The predicted octanol–water partition coefficient (Wildman–Crippen LogP) is 4.66. The highest BCUT2D eigenvalue weighted by atomic mass is 16.6. The van der Waals surface area contributed by atoms with Crippen LogP contribution in [0.4, 0.5) is 11.4 Å². The first-order valence-electron chi connectivity index (χ1n) is 7.75. The molecular weight excluding hydrogens is 352 g/mol. The second-order valence-electron chi connectivity index (χ2n) is 5.51. The molecule has 0 saturated heterocycles. The lowest BCUT2D eigenvalue weighted by atomic mass is 10.1. The van der Waals surface area contributed by atoms with Gasteiger partial charge in [0.15, 0.2) is 5.78 Å².